The molecule has 0 aliphatic carbocycles. The third kappa shape index (κ3) is 7.51. The van der Waals surface area contributed by atoms with Crippen LogP contribution in [0.15, 0.2) is 67.1 Å². The zero-order valence-electron chi connectivity index (χ0n) is 28.9. The van der Waals surface area contributed by atoms with Crippen LogP contribution >= 0.6 is 11.6 Å². The van der Waals surface area contributed by atoms with Crippen molar-refractivity contribution >= 4 is 15.8 Å². The van der Waals surface area contributed by atoms with Crippen molar-refractivity contribution in [3.63, 3.8) is 0 Å². The van der Waals surface area contributed by atoms with Crippen LogP contribution < -0.4 is 4.17 Å². The van der Waals surface area contributed by atoms with Crippen molar-refractivity contribution in [3.05, 3.63) is 98.3 Å². The first-order valence-electron chi connectivity index (χ1n) is 17.5. The average molecular weight is 720 g/mol. The van der Waals surface area contributed by atoms with E-state index in [4.69, 9.17) is 16.6 Å². The van der Waals surface area contributed by atoms with Gasteiger partial charge in [0, 0.05) is 0 Å². The van der Waals surface area contributed by atoms with E-state index >= 15 is 0 Å². The maximum atomic E-state index is 6.88. The summed E-state index contributed by atoms with van der Waals surface area (Å²) in [5, 5.41) is 0.743. The fourth-order valence-electron chi connectivity index (χ4n) is 7.19. The summed E-state index contributed by atoms with van der Waals surface area (Å²) >= 11 is 6.89. The van der Waals surface area contributed by atoms with Gasteiger partial charge in [0.2, 0.25) is 0 Å². The molecule has 2 aromatic heterocycles. The first kappa shape index (κ1) is 35.6. The number of imidazole rings is 1. The van der Waals surface area contributed by atoms with Crippen molar-refractivity contribution in [2.24, 2.45) is 0 Å². The zero-order chi connectivity index (χ0) is 32.5. The first-order valence-corrected chi connectivity index (χ1v) is 19.4. The Hall–Kier alpha value is -2.25. The minimum atomic E-state index is 0.0181. The van der Waals surface area contributed by atoms with Crippen molar-refractivity contribution in [1.29, 1.82) is 0 Å². The average Bonchev–Trinajstić information content (AvgIpc) is 3.47. The fraction of sp³-hybridized carbons (Fsp3) is 0.500. The van der Waals surface area contributed by atoms with Crippen LogP contribution in [0.1, 0.15) is 153 Å². The third-order valence-electron chi connectivity index (χ3n) is 9.95. The summed E-state index contributed by atoms with van der Waals surface area (Å²) in [6.45, 7) is 18.7. The molecular weight excluding hydrogens is 664 g/mol. The van der Waals surface area contributed by atoms with Crippen LogP contribution in [0.3, 0.4) is 0 Å². The molecule has 0 saturated heterocycles. The van der Waals surface area contributed by atoms with Crippen LogP contribution in [0.5, 0.6) is 0 Å². The molecule has 0 N–H and O–H groups in total. The van der Waals surface area contributed by atoms with Crippen LogP contribution in [0.4, 0.5) is 0 Å². The number of nitrogens with zero attached hydrogens (tertiary/aromatic N) is 3. The molecule has 0 aliphatic heterocycles. The number of benzene rings is 2. The second-order valence-corrected chi connectivity index (χ2v) is 14.5. The number of aromatic nitrogens is 3. The van der Waals surface area contributed by atoms with E-state index in [1.165, 1.54) is 37.5 Å². The second kappa shape index (κ2) is 17.1. The van der Waals surface area contributed by atoms with Crippen molar-refractivity contribution in [1.82, 2.24) is 14.1 Å². The summed E-state index contributed by atoms with van der Waals surface area (Å²) in [6.07, 6.45) is 15.6. The number of para-hydroxylation sites is 2. The van der Waals surface area contributed by atoms with Gasteiger partial charge in [0.15, 0.2) is 0 Å². The summed E-state index contributed by atoms with van der Waals surface area (Å²) in [6, 6.07) is 18.1. The zero-order valence-corrected chi connectivity index (χ0v) is 31.2. The molecule has 0 amide bonds. The van der Waals surface area contributed by atoms with Crippen LogP contribution in [0.2, 0.25) is 5.02 Å². The number of halogens is 1. The van der Waals surface area contributed by atoms with Crippen LogP contribution in [0, 0.1) is 3.89 Å². The molecule has 0 spiro atoms. The van der Waals surface area contributed by atoms with Gasteiger partial charge in [-0.15, -0.1) is 0 Å². The molecule has 3 nitrogen and oxygen atoms in total. The first-order chi connectivity index (χ1) is 21.9. The molecule has 0 bridgehead atoms. The Bertz CT molecular complexity index is 1430. The quantitative estimate of drug-likeness (QED) is 0.112. The maximum absolute atomic E-state index is 6.88. The van der Waals surface area contributed by atoms with E-state index in [0.29, 0.717) is 23.7 Å². The van der Waals surface area contributed by atoms with Gasteiger partial charge in [0.1, 0.15) is 0 Å². The Morgan fingerprint density at radius 1 is 0.556 bits per heavy atom. The van der Waals surface area contributed by atoms with E-state index in [-0.39, 0.29) is 17.5 Å². The molecule has 2 heterocycles. The molecule has 248 valence electrons. The molecule has 0 atom stereocenters. The Kier molecular flexibility index (Phi) is 13.5. The molecule has 0 unspecified atom stereocenters. The van der Waals surface area contributed by atoms with Crippen LogP contribution in [-0.4, -0.2) is 14.1 Å². The monoisotopic (exact) mass is 718 g/mol. The molecule has 0 radical (unpaired) electrons. The number of rotatable bonds is 15. The van der Waals surface area contributed by atoms with E-state index < -0.39 is 0 Å². The Balaban J connectivity index is 2.23. The molecule has 0 aliphatic rings. The number of hydrogen-bond donors (Lipinski definition) is 0. The van der Waals surface area contributed by atoms with E-state index in [0.717, 1.165) is 60.6 Å². The van der Waals surface area contributed by atoms with E-state index in [2.05, 4.69) is 113 Å². The Morgan fingerprint density at radius 2 is 0.911 bits per heavy atom. The predicted molar refractivity (Wildman–Crippen MR) is 191 cm³/mol. The van der Waals surface area contributed by atoms with Crippen LogP contribution in [0.25, 0.3) is 11.4 Å². The standard InChI is InChI=1S/C35H52N2.C5H3ClN.Pd/c1-9-26(10-2)30-19-17-20-31(27(11-3)12-4)34(30)36-23-24-37(25-36)35-32(28(13-5)14-6)21-18-22-33(35)29(15-7)16-8;6-5-2-1-3-7-4-5;/h17-24,26-29H,9-16H2,1-8H3;1-3H;/q;;-1. The second-order valence-electron chi connectivity index (χ2n) is 12.2. The van der Waals surface area contributed by atoms with Gasteiger partial charge >= 0.3 is 287 Å². The summed E-state index contributed by atoms with van der Waals surface area (Å²) in [5.41, 5.74) is 8.60. The number of pyridine rings is 1. The van der Waals surface area contributed by atoms with E-state index in [1.807, 2.05) is 18.3 Å². The van der Waals surface area contributed by atoms with Gasteiger partial charge in [-0.3, -0.25) is 0 Å². The molecule has 4 aromatic rings. The van der Waals surface area contributed by atoms with Gasteiger partial charge in [0.05, 0.1) is 0 Å². The van der Waals surface area contributed by atoms with E-state index in [1.54, 1.807) is 0 Å². The summed E-state index contributed by atoms with van der Waals surface area (Å²) in [4.78, 5) is 4.85. The Labute approximate surface area is 286 Å². The summed E-state index contributed by atoms with van der Waals surface area (Å²) in [5.74, 6) is 2.00. The van der Waals surface area contributed by atoms with Crippen molar-refractivity contribution in [3.8, 4) is 11.4 Å². The van der Waals surface area contributed by atoms with Crippen molar-refractivity contribution in [2.75, 3.05) is 0 Å². The normalized spacial score (nSPS) is 12.0. The van der Waals surface area contributed by atoms with E-state index in [9.17, 15) is 0 Å². The molecule has 2 aromatic carbocycles. The minimum absolute atomic E-state index is 0.0181. The topological polar surface area (TPSA) is 22.8 Å². The molecular formula is C40H55ClN3Pd-. The molecule has 0 saturated carbocycles. The van der Waals surface area contributed by atoms with Gasteiger partial charge < -0.3 is 0 Å². The van der Waals surface area contributed by atoms with Gasteiger partial charge in [-0.25, -0.2) is 0 Å². The molecule has 0 fully saturated rings. The van der Waals surface area contributed by atoms with Gasteiger partial charge in [-0.1, -0.05) is 0 Å². The molecule has 4 rings (SSSR count). The SMILES string of the molecule is CCC(CC)c1cccc(C(CC)CC)c1-n1ccn(-c2c(C(CC)CC)cccc2C(CC)CC)[c]1=[Pd-][c]1ncccc1Cl. The van der Waals surface area contributed by atoms with Crippen molar-refractivity contribution < 1.29 is 17.5 Å². The fourth-order valence-corrected chi connectivity index (χ4v) is 9.30. The predicted octanol–water partition coefficient (Wildman–Crippen LogP) is 11.9. The summed E-state index contributed by atoms with van der Waals surface area (Å²) in [7, 11) is 0. The molecule has 5 heteroatoms. The van der Waals surface area contributed by atoms with Gasteiger partial charge in [-0.2, -0.15) is 0 Å². The summed E-state index contributed by atoms with van der Waals surface area (Å²) < 4.78 is 7.32. The molecule has 45 heavy (non-hydrogen) atoms. The third-order valence-corrected chi connectivity index (χ3v) is 12.6. The van der Waals surface area contributed by atoms with Gasteiger partial charge in [0.25, 0.3) is 0 Å². The van der Waals surface area contributed by atoms with Crippen molar-refractivity contribution in [2.45, 2.75) is 130 Å². The number of hydrogen-bond acceptors (Lipinski definition) is 1. The Morgan fingerprint density at radius 3 is 1.22 bits per heavy atom. The van der Waals surface area contributed by atoms with Gasteiger partial charge in [-0.05, 0) is 0 Å². The van der Waals surface area contributed by atoms with Crippen LogP contribution in [-0.2, 0) is 17.5 Å².